The fraction of sp³-hybridized carbons (Fsp3) is 0.812. The molecule has 6 aliphatic rings. The van der Waals surface area contributed by atoms with Crippen LogP contribution >= 0.6 is 12.2 Å². The summed E-state index contributed by atoms with van der Waals surface area (Å²) in [6.07, 6.45) is 15.0. The summed E-state index contributed by atoms with van der Waals surface area (Å²) in [5.41, 5.74) is 8.59. The number of hydrogen-bond donors (Lipinski definition) is 4. The van der Waals surface area contributed by atoms with Crippen LogP contribution < -0.4 is 16.4 Å². The van der Waals surface area contributed by atoms with E-state index in [1.54, 1.807) is 5.57 Å². The first-order valence-corrected chi connectivity index (χ1v) is 22.8. The number of nitrogens with one attached hydrogen (secondary N) is 2. The number of rotatable bonds is 12. The first-order chi connectivity index (χ1) is 26.5. The van der Waals surface area contributed by atoms with Gasteiger partial charge in [0.2, 0.25) is 6.41 Å². The van der Waals surface area contributed by atoms with Crippen LogP contribution in [0.5, 0.6) is 0 Å². The molecular weight excluding hydrogens is 731 g/mol. The quantitative estimate of drug-likeness (QED) is 0.0870. The lowest BCUT2D eigenvalue weighted by atomic mass is 9.35. The van der Waals surface area contributed by atoms with Gasteiger partial charge in [0.15, 0.2) is 5.78 Å². The highest BCUT2D eigenvalue weighted by molar-refractivity contribution is 7.80. The van der Waals surface area contributed by atoms with Crippen LogP contribution in [0.2, 0.25) is 0 Å². The number of ketones is 2. The van der Waals surface area contributed by atoms with Gasteiger partial charge in [-0.3, -0.25) is 19.2 Å². The number of aliphatic carboxylic acids is 1. The van der Waals surface area contributed by atoms with E-state index in [4.69, 9.17) is 17.0 Å². The first-order valence-electron chi connectivity index (χ1n) is 22.4. The molecule has 320 valence electrons. The standard InChI is InChI=1S/C47H74N2O4S.CH3NO/c1-27(2)40-37(51)25-47(20-21-48-26-43(6,7)24-28(3)49-30(5)54)19-15-35-32(41(40)47)12-13-39-45(35,10)18-16-38-44(8,9)31(14-17-46(38,39)11)22-36(50)33-23-34(29(33)4)42(52)53;2-1-3/h24,27,29,31-35,38-39,48H,12-23,25-26H2,1-11H3,(H,49,54)(H,52,53);1H,(H2,2,3)/b28-24+;. The molecule has 0 saturated heterocycles. The van der Waals surface area contributed by atoms with Crippen LogP contribution in [0, 0.1) is 80.3 Å². The van der Waals surface area contributed by atoms with Crippen LogP contribution in [0.3, 0.4) is 0 Å². The Labute approximate surface area is 350 Å². The lowest BCUT2D eigenvalue weighted by Crippen LogP contribution is -2.62. The highest BCUT2D eigenvalue weighted by atomic mass is 32.1. The molecule has 6 rings (SSSR count). The Morgan fingerprint density at radius 1 is 0.982 bits per heavy atom. The van der Waals surface area contributed by atoms with Crippen molar-refractivity contribution in [1.29, 1.82) is 0 Å². The van der Waals surface area contributed by atoms with Crippen LogP contribution in [0.15, 0.2) is 22.9 Å². The molecule has 0 aromatic carbocycles. The third-order valence-electron chi connectivity index (χ3n) is 17.3. The van der Waals surface area contributed by atoms with E-state index in [2.05, 4.69) is 84.8 Å². The topological polar surface area (TPSA) is 139 Å². The minimum absolute atomic E-state index is 0.00396. The van der Waals surface area contributed by atoms with E-state index in [9.17, 15) is 19.5 Å². The second-order valence-electron chi connectivity index (χ2n) is 21.8. The largest absolute Gasteiger partial charge is 0.481 e. The summed E-state index contributed by atoms with van der Waals surface area (Å²) in [5.74, 6) is 2.52. The fourth-order valence-electron chi connectivity index (χ4n) is 14.8. The molecule has 8 nitrogen and oxygen atoms in total. The second-order valence-corrected chi connectivity index (χ2v) is 22.4. The number of carboxylic acid groups (broad SMARTS) is 1. The predicted octanol–water partition coefficient (Wildman–Crippen LogP) is 9.46. The van der Waals surface area contributed by atoms with Gasteiger partial charge in [-0.1, -0.05) is 86.2 Å². The highest BCUT2D eigenvalue weighted by Gasteiger charge is 2.66. The van der Waals surface area contributed by atoms with Crippen molar-refractivity contribution in [3.05, 3.63) is 22.9 Å². The summed E-state index contributed by atoms with van der Waals surface area (Å²) in [5, 5.41) is 16.6. The first kappa shape index (κ1) is 45.7. The number of nitrogens with two attached hydrogens (primary N) is 1. The van der Waals surface area contributed by atoms with Gasteiger partial charge in [-0.15, -0.1) is 0 Å². The molecule has 0 bridgehead atoms. The van der Waals surface area contributed by atoms with Crippen LogP contribution in [-0.4, -0.2) is 47.1 Å². The molecule has 11 unspecified atom stereocenters. The van der Waals surface area contributed by atoms with Crippen molar-refractivity contribution in [3.63, 3.8) is 0 Å². The molecule has 0 heterocycles. The number of fused-ring (bicyclic) bond motifs is 7. The molecule has 9 heteroatoms. The Morgan fingerprint density at radius 3 is 2.23 bits per heavy atom. The van der Waals surface area contributed by atoms with Crippen LogP contribution in [-0.2, 0) is 19.2 Å². The van der Waals surface area contributed by atoms with Crippen molar-refractivity contribution >= 4 is 41.2 Å². The Balaban J connectivity index is 0.00000200. The maximum absolute atomic E-state index is 14.0. The average molecular weight is 808 g/mol. The summed E-state index contributed by atoms with van der Waals surface area (Å²) in [7, 11) is 0. The van der Waals surface area contributed by atoms with Crippen molar-refractivity contribution in [2.75, 3.05) is 13.1 Å². The van der Waals surface area contributed by atoms with Gasteiger partial charge in [-0.2, -0.15) is 0 Å². The third kappa shape index (κ3) is 8.50. The van der Waals surface area contributed by atoms with E-state index < -0.39 is 5.97 Å². The predicted molar refractivity (Wildman–Crippen MR) is 233 cm³/mol. The molecule has 57 heavy (non-hydrogen) atoms. The molecule has 1 amide bonds. The van der Waals surface area contributed by atoms with Crippen LogP contribution in [0.4, 0.5) is 0 Å². The normalized spacial score (nSPS) is 38.4. The number of hydrogen-bond acceptors (Lipinski definition) is 6. The van der Waals surface area contributed by atoms with Crippen LogP contribution in [0.1, 0.15) is 153 Å². The van der Waals surface area contributed by atoms with Crippen molar-refractivity contribution in [2.45, 2.75) is 153 Å². The molecule has 5 fully saturated rings. The number of allylic oxidation sites excluding steroid dienone is 3. The molecular formula is C48H77N3O5S. The van der Waals surface area contributed by atoms with Gasteiger partial charge in [0, 0.05) is 36.4 Å². The van der Waals surface area contributed by atoms with E-state index in [0.29, 0.717) is 60.4 Å². The van der Waals surface area contributed by atoms with Crippen LogP contribution in [0.25, 0.3) is 0 Å². The molecule has 6 aliphatic carbocycles. The summed E-state index contributed by atoms with van der Waals surface area (Å²) in [6, 6.07) is 0. The maximum atomic E-state index is 14.0. The zero-order valence-electron chi connectivity index (χ0n) is 37.3. The van der Waals surface area contributed by atoms with E-state index in [0.717, 1.165) is 43.0 Å². The minimum Gasteiger partial charge on any atom is -0.481 e. The monoisotopic (exact) mass is 808 g/mol. The number of carbonyl (C=O) groups excluding carboxylic acids is 3. The van der Waals surface area contributed by atoms with Gasteiger partial charge in [-0.05, 0) is 153 Å². The summed E-state index contributed by atoms with van der Waals surface area (Å²) >= 11 is 5.26. The Hall–Kier alpha value is -2.39. The smallest absolute Gasteiger partial charge is 0.306 e. The summed E-state index contributed by atoms with van der Waals surface area (Å²) in [4.78, 5) is 48.6. The molecule has 5 saturated carbocycles. The van der Waals surface area contributed by atoms with Gasteiger partial charge in [-0.25, -0.2) is 0 Å². The molecule has 5 N–H and O–H groups in total. The van der Waals surface area contributed by atoms with Gasteiger partial charge < -0.3 is 21.5 Å². The van der Waals surface area contributed by atoms with Gasteiger partial charge in [0.25, 0.3) is 0 Å². The van der Waals surface area contributed by atoms with Gasteiger partial charge in [0.1, 0.15) is 5.78 Å². The SMILES string of the molecule is CC(=S)N/C(C)=C/C(C)(C)CNCCC12CCC3C(CCC4C3(C)CCC3C(C)(C)C(CC(=O)C5CC(C(=O)O)C5C)CCC34C)C1=C(C(C)C)C(=O)C2.NC=O. The lowest BCUT2D eigenvalue weighted by Gasteiger charge is -2.69. The van der Waals surface area contributed by atoms with E-state index in [1.165, 1.54) is 44.1 Å². The number of carbonyl (C=O) groups is 4. The number of thiocarbonyl (C=S) groups is 1. The zero-order valence-corrected chi connectivity index (χ0v) is 38.1. The molecule has 0 aromatic rings. The van der Waals surface area contributed by atoms with E-state index >= 15 is 0 Å². The summed E-state index contributed by atoms with van der Waals surface area (Å²) < 4.78 is 0. The molecule has 0 spiro atoms. The van der Waals surface area contributed by atoms with E-state index in [-0.39, 0.29) is 57.2 Å². The third-order valence-corrected chi connectivity index (χ3v) is 17.4. The highest BCUT2D eigenvalue weighted by Crippen LogP contribution is 2.74. The number of Topliss-reactive ketones (excluding diaryl/α,β-unsaturated/α-hetero) is 2. The molecule has 0 aliphatic heterocycles. The van der Waals surface area contributed by atoms with Gasteiger partial charge in [0.05, 0.1) is 10.9 Å². The Morgan fingerprint density at radius 2 is 1.63 bits per heavy atom. The average Bonchev–Trinajstić information content (AvgIpc) is 3.39. The maximum Gasteiger partial charge on any atom is 0.306 e. The van der Waals surface area contributed by atoms with Crippen molar-refractivity contribution in [3.8, 4) is 0 Å². The lowest BCUT2D eigenvalue weighted by molar-refractivity contribution is -0.193. The molecule has 11 atom stereocenters. The number of primary amides is 1. The second kappa shape index (κ2) is 16.9. The molecule has 0 aromatic heterocycles. The van der Waals surface area contributed by atoms with E-state index in [1.807, 2.05) is 13.8 Å². The van der Waals surface area contributed by atoms with Crippen molar-refractivity contribution in [1.82, 2.24) is 10.6 Å². The number of amides is 1. The Bertz CT molecular complexity index is 1650. The zero-order chi connectivity index (χ0) is 42.5. The summed E-state index contributed by atoms with van der Waals surface area (Å²) in [6.45, 7) is 27.0. The number of carboxylic acids is 1. The van der Waals surface area contributed by atoms with Crippen molar-refractivity contribution < 1.29 is 24.3 Å². The minimum atomic E-state index is -0.748. The van der Waals surface area contributed by atoms with Crippen molar-refractivity contribution in [2.24, 2.45) is 86.1 Å². The Kier molecular flexibility index (Phi) is 13.6. The van der Waals surface area contributed by atoms with Gasteiger partial charge >= 0.3 is 5.97 Å². The fourth-order valence-corrected chi connectivity index (χ4v) is 15.0. The molecule has 0 radical (unpaired) electrons.